The Labute approximate surface area is 163 Å². The summed E-state index contributed by atoms with van der Waals surface area (Å²) >= 11 is 0. The molecular formula is C23H32N2O2. The van der Waals surface area contributed by atoms with E-state index in [1.54, 1.807) is 0 Å². The van der Waals surface area contributed by atoms with E-state index in [4.69, 9.17) is 4.74 Å². The average molecular weight is 369 g/mol. The predicted octanol–water partition coefficient (Wildman–Crippen LogP) is 3.78. The summed E-state index contributed by atoms with van der Waals surface area (Å²) in [6.07, 6.45) is 2.18. The molecule has 1 fully saturated rings. The van der Waals surface area contributed by atoms with Gasteiger partial charge in [-0.25, -0.2) is 0 Å². The van der Waals surface area contributed by atoms with Crippen LogP contribution >= 0.6 is 0 Å². The quantitative estimate of drug-likeness (QED) is 0.720. The molecule has 1 heterocycles. The van der Waals surface area contributed by atoms with Gasteiger partial charge in [0.25, 0.3) is 0 Å². The molecule has 1 saturated heterocycles. The summed E-state index contributed by atoms with van der Waals surface area (Å²) in [5, 5.41) is 9.34. The van der Waals surface area contributed by atoms with Crippen LogP contribution in [0, 0.1) is 13.8 Å². The van der Waals surface area contributed by atoms with E-state index in [1.807, 2.05) is 24.3 Å². The minimum absolute atomic E-state index is 0.0286. The average Bonchev–Trinajstić information content (AvgIpc) is 2.71. The van der Waals surface area contributed by atoms with Crippen molar-refractivity contribution in [3.05, 3.63) is 59.2 Å². The van der Waals surface area contributed by atoms with E-state index in [0.29, 0.717) is 6.61 Å². The number of hydrogen-bond acceptors (Lipinski definition) is 4. The smallest absolute Gasteiger partial charge is 0.124 e. The fraction of sp³-hybridized carbons (Fsp3) is 0.478. The van der Waals surface area contributed by atoms with E-state index in [1.165, 1.54) is 16.8 Å². The Balaban J connectivity index is 1.36. The Bertz CT molecular complexity index is 724. The molecule has 0 saturated carbocycles. The second kappa shape index (κ2) is 9.77. The van der Waals surface area contributed by atoms with Crippen molar-refractivity contribution in [3.8, 4) is 5.75 Å². The van der Waals surface area contributed by atoms with Gasteiger partial charge in [-0.1, -0.05) is 30.3 Å². The van der Waals surface area contributed by atoms with Crippen molar-refractivity contribution < 1.29 is 9.84 Å². The molecule has 2 aromatic carbocycles. The SMILES string of the molecule is Cc1cccc(N2CCN(CCCCOc3ccccc3CO)CC2)c1C. The third-order valence-corrected chi connectivity index (χ3v) is 5.56. The number of unbranched alkanes of at least 4 members (excludes halogenated alkanes) is 1. The summed E-state index contributed by atoms with van der Waals surface area (Å²) in [6.45, 7) is 10.7. The zero-order valence-electron chi connectivity index (χ0n) is 16.7. The number of aliphatic hydroxyl groups excluding tert-OH is 1. The number of piperazine rings is 1. The number of hydrogen-bond donors (Lipinski definition) is 1. The van der Waals surface area contributed by atoms with Gasteiger partial charge in [0, 0.05) is 37.4 Å². The molecule has 146 valence electrons. The highest BCUT2D eigenvalue weighted by atomic mass is 16.5. The molecule has 0 atom stereocenters. The fourth-order valence-corrected chi connectivity index (χ4v) is 3.69. The number of benzene rings is 2. The summed E-state index contributed by atoms with van der Waals surface area (Å²) in [5.41, 5.74) is 5.04. The Morgan fingerprint density at radius 1 is 0.926 bits per heavy atom. The molecule has 0 aromatic heterocycles. The molecule has 1 aliphatic heterocycles. The molecule has 4 nitrogen and oxygen atoms in total. The first kappa shape index (κ1) is 19.7. The number of ether oxygens (including phenoxy) is 1. The maximum atomic E-state index is 9.34. The van der Waals surface area contributed by atoms with E-state index >= 15 is 0 Å². The zero-order chi connectivity index (χ0) is 19.1. The van der Waals surface area contributed by atoms with Crippen molar-refractivity contribution in [3.63, 3.8) is 0 Å². The number of aryl methyl sites for hydroxylation is 1. The lowest BCUT2D eigenvalue weighted by atomic mass is 10.1. The zero-order valence-corrected chi connectivity index (χ0v) is 16.7. The lowest BCUT2D eigenvalue weighted by molar-refractivity contribution is 0.234. The lowest BCUT2D eigenvalue weighted by Gasteiger charge is -2.37. The summed E-state index contributed by atoms with van der Waals surface area (Å²) < 4.78 is 5.83. The first-order chi connectivity index (χ1) is 13.2. The Kier molecular flexibility index (Phi) is 7.13. The lowest BCUT2D eigenvalue weighted by Crippen LogP contribution is -2.46. The van der Waals surface area contributed by atoms with Gasteiger partial charge in [0.15, 0.2) is 0 Å². The first-order valence-corrected chi connectivity index (χ1v) is 10.0. The molecule has 0 aliphatic carbocycles. The Morgan fingerprint density at radius 3 is 2.48 bits per heavy atom. The number of para-hydroxylation sites is 1. The van der Waals surface area contributed by atoms with Gasteiger partial charge in [0.2, 0.25) is 0 Å². The van der Waals surface area contributed by atoms with Crippen LogP contribution < -0.4 is 9.64 Å². The fourth-order valence-electron chi connectivity index (χ4n) is 3.69. The molecule has 3 rings (SSSR count). The van der Waals surface area contributed by atoms with E-state index < -0.39 is 0 Å². The molecular weight excluding hydrogens is 336 g/mol. The monoisotopic (exact) mass is 368 g/mol. The Hall–Kier alpha value is -2.04. The second-order valence-corrected chi connectivity index (χ2v) is 7.37. The highest BCUT2D eigenvalue weighted by Crippen LogP contribution is 2.24. The van der Waals surface area contributed by atoms with E-state index in [9.17, 15) is 5.11 Å². The molecule has 4 heteroatoms. The summed E-state index contributed by atoms with van der Waals surface area (Å²) in [4.78, 5) is 5.08. The van der Waals surface area contributed by atoms with Crippen LogP contribution in [0.2, 0.25) is 0 Å². The van der Waals surface area contributed by atoms with Crippen LogP contribution in [0.4, 0.5) is 5.69 Å². The molecule has 0 spiro atoms. The van der Waals surface area contributed by atoms with Gasteiger partial charge in [-0.3, -0.25) is 4.90 Å². The minimum Gasteiger partial charge on any atom is -0.493 e. The van der Waals surface area contributed by atoms with Crippen LogP contribution in [-0.2, 0) is 6.61 Å². The van der Waals surface area contributed by atoms with Gasteiger partial charge in [0.1, 0.15) is 5.75 Å². The second-order valence-electron chi connectivity index (χ2n) is 7.37. The summed E-state index contributed by atoms with van der Waals surface area (Å²) in [6, 6.07) is 14.3. The van der Waals surface area contributed by atoms with Crippen LogP contribution in [0.1, 0.15) is 29.5 Å². The number of nitrogens with zero attached hydrogens (tertiary/aromatic N) is 2. The van der Waals surface area contributed by atoms with Crippen LogP contribution in [0.3, 0.4) is 0 Å². The van der Waals surface area contributed by atoms with Gasteiger partial charge in [0.05, 0.1) is 13.2 Å². The predicted molar refractivity (Wildman–Crippen MR) is 112 cm³/mol. The molecule has 27 heavy (non-hydrogen) atoms. The first-order valence-electron chi connectivity index (χ1n) is 10.0. The summed E-state index contributed by atoms with van der Waals surface area (Å²) in [7, 11) is 0. The molecule has 0 radical (unpaired) electrons. The largest absolute Gasteiger partial charge is 0.493 e. The van der Waals surface area contributed by atoms with Crippen molar-refractivity contribution in [1.29, 1.82) is 0 Å². The van der Waals surface area contributed by atoms with Gasteiger partial charge in [-0.15, -0.1) is 0 Å². The molecule has 1 aliphatic rings. The van der Waals surface area contributed by atoms with Crippen molar-refractivity contribution in [2.45, 2.75) is 33.3 Å². The van der Waals surface area contributed by atoms with Gasteiger partial charge in [-0.2, -0.15) is 0 Å². The van der Waals surface area contributed by atoms with Crippen LogP contribution in [0.25, 0.3) is 0 Å². The topological polar surface area (TPSA) is 35.9 Å². The minimum atomic E-state index is 0.0286. The van der Waals surface area contributed by atoms with Gasteiger partial charge < -0.3 is 14.7 Å². The highest BCUT2D eigenvalue weighted by molar-refractivity contribution is 5.56. The van der Waals surface area contributed by atoms with Crippen molar-refractivity contribution in [1.82, 2.24) is 4.90 Å². The maximum Gasteiger partial charge on any atom is 0.124 e. The van der Waals surface area contributed by atoms with E-state index in [-0.39, 0.29) is 6.61 Å². The number of aliphatic hydroxyl groups is 1. The van der Waals surface area contributed by atoms with Crippen LogP contribution in [0.5, 0.6) is 5.75 Å². The molecule has 2 aromatic rings. The number of rotatable bonds is 8. The van der Waals surface area contributed by atoms with Crippen molar-refractivity contribution in [2.24, 2.45) is 0 Å². The normalized spacial score (nSPS) is 15.1. The molecule has 0 amide bonds. The number of anilines is 1. The third-order valence-electron chi connectivity index (χ3n) is 5.56. The standard InChI is InChI=1S/C23H32N2O2/c1-19-8-7-10-22(20(19)2)25-15-13-24(14-16-25)12-5-6-17-27-23-11-4-3-9-21(23)18-26/h3-4,7-11,26H,5-6,12-18H2,1-2H3. The van der Waals surface area contributed by atoms with Crippen molar-refractivity contribution >= 4 is 5.69 Å². The van der Waals surface area contributed by atoms with E-state index in [0.717, 1.165) is 56.9 Å². The van der Waals surface area contributed by atoms with Crippen LogP contribution in [-0.4, -0.2) is 49.3 Å². The third kappa shape index (κ3) is 5.24. The van der Waals surface area contributed by atoms with Gasteiger partial charge in [-0.05, 0) is 56.5 Å². The molecule has 1 N–H and O–H groups in total. The molecule has 0 unspecified atom stereocenters. The maximum absolute atomic E-state index is 9.34. The molecule has 0 bridgehead atoms. The van der Waals surface area contributed by atoms with Gasteiger partial charge >= 0.3 is 0 Å². The summed E-state index contributed by atoms with van der Waals surface area (Å²) in [5.74, 6) is 0.808. The Morgan fingerprint density at radius 2 is 1.70 bits per heavy atom. The van der Waals surface area contributed by atoms with E-state index in [2.05, 4.69) is 41.8 Å². The highest BCUT2D eigenvalue weighted by Gasteiger charge is 2.18. The van der Waals surface area contributed by atoms with Crippen LogP contribution in [0.15, 0.2) is 42.5 Å². The van der Waals surface area contributed by atoms with Crippen molar-refractivity contribution in [2.75, 3.05) is 44.2 Å².